The third-order valence-electron chi connectivity index (χ3n) is 3.30. The van der Waals surface area contributed by atoms with Gasteiger partial charge in [0, 0.05) is 42.6 Å². The van der Waals surface area contributed by atoms with E-state index in [9.17, 15) is 0 Å². The van der Waals surface area contributed by atoms with Gasteiger partial charge in [-0.15, -0.1) is 11.3 Å². The van der Waals surface area contributed by atoms with Crippen molar-refractivity contribution in [2.75, 3.05) is 23.7 Å². The molecule has 0 saturated carbocycles. The van der Waals surface area contributed by atoms with Gasteiger partial charge < -0.3 is 10.6 Å². The fourth-order valence-corrected chi connectivity index (χ4v) is 2.75. The highest BCUT2D eigenvalue weighted by Gasteiger charge is 2.12. The van der Waals surface area contributed by atoms with Gasteiger partial charge in [-0.25, -0.2) is 15.0 Å². The minimum Gasteiger partial charge on any atom is -0.370 e. The molecule has 1 atom stereocenters. The maximum atomic E-state index is 4.61. The van der Waals surface area contributed by atoms with Crippen LogP contribution in [0.1, 0.15) is 43.1 Å². The zero-order valence-corrected chi connectivity index (χ0v) is 13.9. The summed E-state index contributed by atoms with van der Waals surface area (Å²) in [5, 5.41) is 9.92. The Kier molecular flexibility index (Phi) is 5.50. The highest BCUT2D eigenvalue weighted by molar-refractivity contribution is 7.09. The Labute approximate surface area is 130 Å². The van der Waals surface area contributed by atoms with Crippen molar-refractivity contribution in [3.63, 3.8) is 0 Å². The summed E-state index contributed by atoms with van der Waals surface area (Å²) in [6.07, 6.45) is 2.68. The average Bonchev–Trinajstić information content (AvgIpc) is 3.02. The van der Waals surface area contributed by atoms with Gasteiger partial charge in [0.05, 0.1) is 5.01 Å². The van der Waals surface area contributed by atoms with Crippen molar-refractivity contribution in [3.05, 3.63) is 28.0 Å². The van der Waals surface area contributed by atoms with Crippen LogP contribution in [0.4, 0.5) is 11.6 Å². The molecule has 2 rings (SSSR count). The number of rotatable bonds is 7. The van der Waals surface area contributed by atoms with Crippen LogP contribution < -0.4 is 10.6 Å². The number of anilines is 2. The molecule has 5 nitrogen and oxygen atoms in total. The van der Waals surface area contributed by atoms with Crippen molar-refractivity contribution in [2.24, 2.45) is 0 Å². The molecule has 2 aromatic heterocycles. The van der Waals surface area contributed by atoms with Gasteiger partial charge in [-0.3, -0.25) is 0 Å². The highest BCUT2D eigenvalue weighted by atomic mass is 32.1. The Morgan fingerprint density at radius 1 is 1.19 bits per heavy atom. The molecule has 6 heteroatoms. The minimum absolute atomic E-state index is 0.368. The number of nitrogens with one attached hydrogen (secondary N) is 2. The largest absolute Gasteiger partial charge is 0.370 e. The first-order valence-corrected chi connectivity index (χ1v) is 8.28. The third kappa shape index (κ3) is 3.91. The molecule has 0 bridgehead atoms. The molecule has 1 unspecified atom stereocenters. The molecule has 0 aliphatic carbocycles. The van der Waals surface area contributed by atoms with E-state index in [1.807, 2.05) is 18.5 Å². The SMILES string of the molecule is CCNc1nc(CC)nc(NCC(C)c2nccs2)c1C. The first-order chi connectivity index (χ1) is 10.2. The molecule has 0 spiro atoms. The van der Waals surface area contributed by atoms with Crippen molar-refractivity contribution < 1.29 is 0 Å². The van der Waals surface area contributed by atoms with Gasteiger partial charge in [-0.1, -0.05) is 13.8 Å². The molecule has 2 N–H and O–H groups in total. The maximum Gasteiger partial charge on any atom is 0.134 e. The van der Waals surface area contributed by atoms with Gasteiger partial charge in [0.25, 0.3) is 0 Å². The van der Waals surface area contributed by atoms with Crippen LogP contribution in [0.2, 0.25) is 0 Å². The first kappa shape index (κ1) is 15.7. The molecule has 0 aromatic carbocycles. The number of hydrogen-bond donors (Lipinski definition) is 2. The Bertz CT molecular complexity index is 568. The summed E-state index contributed by atoms with van der Waals surface area (Å²) in [5.41, 5.74) is 1.07. The first-order valence-electron chi connectivity index (χ1n) is 7.40. The van der Waals surface area contributed by atoms with Crippen LogP contribution in [0.5, 0.6) is 0 Å². The van der Waals surface area contributed by atoms with Crippen molar-refractivity contribution in [1.29, 1.82) is 0 Å². The second-order valence-corrected chi connectivity index (χ2v) is 5.92. The fraction of sp³-hybridized carbons (Fsp3) is 0.533. The van der Waals surface area contributed by atoms with E-state index in [2.05, 4.69) is 46.4 Å². The van der Waals surface area contributed by atoms with Gasteiger partial charge >= 0.3 is 0 Å². The predicted octanol–water partition coefficient (Wildman–Crippen LogP) is 3.45. The predicted molar refractivity (Wildman–Crippen MR) is 89.3 cm³/mol. The molecule has 0 saturated heterocycles. The summed E-state index contributed by atoms with van der Waals surface area (Å²) in [5.74, 6) is 3.07. The van der Waals surface area contributed by atoms with Gasteiger partial charge in [-0.05, 0) is 13.8 Å². The number of thiazole rings is 1. The van der Waals surface area contributed by atoms with E-state index >= 15 is 0 Å². The van der Waals surface area contributed by atoms with E-state index in [1.165, 1.54) is 0 Å². The zero-order valence-electron chi connectivity index (χ0n) is 13.1. The molecule has 21 heavy (non-hydrogen) atoms. The van der Waals surface area contributed by atoms with Crippen molar-refractivity contribution in [1.82, 2.24) is 15.0 Å². The molecule has 2 aromatic rings. The Morgan fingerprint density at radius 3 is 2.48 bits per heavy atom. The van der Waals surface area contributed by atoms with Crippen molar-refractivity contribution >= 4 is 23.0 Å². The highest BCUT2D eigenvalue weighted by Crippen LogP contribution is 2.22. The minimum atomic E-state index is 0.368. The molecule has 0 aliphatic rings. The third-order valence-corrected chi connectivity index (χ3v) is 4.31. The molecular formula is C15H23N5S. The summed E-state index contributed by atoms with van der Waals surface area (Å²) in [6.45, 7) is 10.0. The Morgan fingerprint density at radius 2 is 1.90 bits per heavy atom. The molecule has 0 fully saturated rings. The normalized spacial score (nSPS) is 12.2. The summed E-state index contributed by atoms with van der Waals surface area (Å²) in [6, 6.07) is 0. The van der Waals surface area contributed by atoms with Crippen molar-refractivity contribution in [3.8, 4) is 0 Å². The topological polar surface area (TPSA) is 62.7 Å². The van der Waals surface area contributed by atoms with Gasteiger partial charge in [0.15, 0.2) is 0 Å². The lowest BCUT2D eigenvalue weighted by atomic mass is 10.2. The lowest BCUT2D eigenvalue weighted by molar-refractivity contribution is 0.787. The zero-order chi connectivity index (χ0) is 15.2. The van der Waals surface area contributed by atoms with E-state index < -0.39 is 0 Å². The molecule has 114 valence electrons. The van der Waals surface area contributed by atoms with Crippen molar-refractivity contribution in [2.45, 2.75) is 40.0 Å². The average molecular weight is 305 g/mol. The van der Waals surface area contributed by atoms with Gasteiger partial charge in [0.1, 0.15) is 17.5 Å². The quantitative estimate of drug-likeness (QED) is 0.820. The van der Waals surface area contributed by atoms with Gasteiger partial charge in [-0.2, -0.15) is 0 Å². The number of aryl methyl sites for hydroxylation is 1. The van der Waals surface area contributed by atoms with E-state index in [4.69, 9.17) is 0 Å². The summed E-state index contributed by atoms with van der Waals surface area (Å²) >= 11 is 1.69. The summed E-state index contributed by atoms with van der Waals surface area (Å²) in [7, 11) is 0. The Hall–Kier alpha value is -1.69. The van der Waals surface area contributed by atoms with Crippen LogP contribution in [0.15, 0.2) is 11.6 Å². The molecule has 0 radical (unpaired) electrons. The maximum absolute atomic E-state index is 4.61. The van der Waals surface area contributed by atoms with Crippen LogP contribution in [0, 0.1) is 6.92 Å². The molecule has 0 aliphatic heterocycles. The van der Waals surface area contributed by atoms with Crippen LogP contribution in [0.3, 0.4) is 0 Å². The number of aromatic nitrogens is 3. The summed E-state index contributed by atoms with van der Waals surface area (Å²) < 4.78 is 0. The Balaban J connectivity index is 2.13. The lowest BCUT2D eigenvalue weighted by Crippen LogP contribution is -2.14. The molecule has 2 heterocycles. The van der Waals surface area contributed by atoms with E-state index in [0.29, 0.717) is 5.92 Å². The second-order valence-electron chi connectivity index (χ2n) is 5.00. The van der Waals surface area contributed by atoms with Crippen LogP contribution in [0.25, 0.3) is 0 Å². The van der Waals surface area contributed by atoms with Gasteiger partial charge in [0.2, 0.25) is 0 Å². The lowest BCUT2D eigenvalue weighted by Gasteiger charge is -2.16. The van der Waals surface area contributed by atoms with E-state index in [0.717, 1.165) is 47.5 Å². The smallest absolute Gasteiger partial charge is 0.134 e. The number of hydrogen-bond acceptors (Lipinski definition) is 6. The van der Waals surface area contributed by atoms with E-state index in [-0.39, 0.29) is 0 Å². The fourth-order valence-electron chi connectivity index (χ4n) is 2.05. The summed E-state index contributed by atoms with van der Waals surface area (Å²) in [4.78, 5) is 13.5. The number of nitrogens with zero attached hydrogens (tertiary/aromatic N) is 3. The van der Waals surface area contributed by atoms with Crippen LogP contribution in [-0.2, 0) is 6.42 Å². The van der Waals surface area contributed by atoms with E-state index in [1.54, 1.807) is 11.3 Å². The second kappa shape index (κ2) is 7.36. The van der Waals surface area contributed by atoms with Crippen LogP contribution >= 0.6 is 11.3 Å². The molecular weight excluding hydrogens is 282 g/mol. The molecule has 0 amide bonds. The van der Waals surface area contributed by atoms with Crippen LogP contribution in [-0.4, -0.2) is 28.0 Å². The standard InChI is InChI=1S/C15H23N5S/c1-5-12-19-13(16-6-2)11(4)14(20-12)18-9-10(3)15-17-7-8-21-15/h7-8,10H,5-6,9H2,1-4H3,(H2,16,18,19,20). The monoisotopic (exact) mass is 305 g/mol.